The molecule has 0 bridgehead atoms. The number of nitrogens with one attached hydrogen (secondary N) is 1. The zero-order valence-electron chi connectivity index (χ0n) is 11.9. The van der Waals surface area contributed by atoms with Gasteiger partial charge in [-0.25, -0.2) is 0 Å². The molecule has 1 aromatic heterocycles. The van der Waals surface area contributed by atoms with Gasteiger partial charge in [0.15, 0.2) is 0 Å². The Hall–Kier alpha value is -1.97. The number of rotatable bonds is 5. The van der Waals surface area contributed by atoms with Crippen LogP contribution in [0.4, 0.5) is 5.69 Å². The summed E-state index contributed by atoms with van der Waals surface area (Å²) in [5.74, 6) is 0.800. The lowest BCUT2D eigenvalue weighted by atomic mass is 10.2. The second kappa shape index (κ2) is 5.19. The summed E-state index contributed by atoms with van der Waals surface area (Å²) in [4.78, 5) is 17.8. The molecule has 3 rings (SSSR count). The highest BCUT2D eigenvalue weighted by molar-refractivity contribution is 6.00. The zero-order valence-corrected chi connectivity index (χ0v) is 11.9. The molecule has 1 heterocycles. The van der Waals surface area contributed by atoms with Gasteiger partial charge < -0.3 is 15.6 Å². The van der Waals surface area contributed by atoms with Gasteiger partial charge in [-0.2, -0.15) is 0 Å². The molecule has 0 atom stereocenters. The number of amides is 1. The maximum atomic E-state index is 12.6. The van der Waals surface area contributed by atoms with Crippen LogP contribution in [0.25, 0.3) is 10.9 Å². The van der Waals surface area contributed by atoms with E-state index >= 15 is 0 Å². The van der Waals surface area contributed by atoms with Crippen molar-refractivity contribution in [3.63, 3.8) is 0 Å². The van der Waals surface area contributed by atoms with Crippen LogP contribution < -0.4 is 5.73 Å². The number of hydrogen-bond donors (Lipinski definition) is 2. The van der Waals surface area contributed by atoms with E-state index in [1.807, 2.05) is 29.2 Å². The topological polar surface area (TPSA) is 62.1 Å². The summed E-state index contributed by atoms with van der Waals surface area (Å²) in [6.45, 7) is 3.81. The predicted octanol–water partition coefficient (Wildman–Crippen LogP) is 3.01. The Bertz CT molecular complexity index is 628. The number of fused-ring (bicyclic) bond motifs is 1. The van der Waals surface area contributed by atoms with Crippen LogP contribution in [-0.4, -0.2) is 28.9 Å². The SMILES string of the molecule is CCCN(CC1CC1)C(=O)c1cc2cccc(N)c2[nH]1. The molecule has 20 heavy (non-hydrogen) atoms. The van der Waals surface area contributed by atoms with Crippen molar-refractivity contribution in [2.75, 3.05) is 18.8 Å². The van der Waals surface area contributed by atoms with Gasteiger partial charge in [-0.15, -0.1) is 0 Å². The summed E-state index contributed by atoms with van der Waals surface area (Å²) in [7, 11) is 0. The van der Waals surface area contributed by atoms with Crippen molar-refractivity contribution in [1.82, 2.24) is 9.88 Å². The quantitative estimate of drug-likeness (QED) is 0.821. The number of nitrogen functional groups attached to an aromatic ring is 1. The summed E-state index contributed by atoms with van der Waals surface area (Å²) >= 11 is 0. The fraction of sp³-hybridized carbons (Fsp3) is 0.438. The lowest BCUT2D eigenvalue weighted by molar-refractivity contribution is 0.0743. The average molecular weight is 271 g/mol. The van der Waals surface area contributed by atoms with Gasteiger partial charge in [-0.1, -0.05) is 19.1 Å². The highest BCUT2D eigenvalue weighted by Crippen LogP contribution is 2.30. The fourth-order valence-corrected chi connectivity index (χ4v) is 2.62. The largest absolute Gasteiger partial charge is 0.397 e. The molecule has 1 amide bonds. The number of benzene rings is 1. The van der Waals surface area contributed by atoms with Gasteiger partial charge in [-0.3, -0.25) is 4.79 Å². The van der Waals surface area contributed by atoms with Crippen molar-refractivity contribution in [3.05, 3.63) is 30.0 Å². The first-order valence-corrected chi connectivity index (χ1v) is 7.35. The van der Waals surface area contributed by atoms with Crippen LogP contribution in [0.15, 0.2) is 24.3 Å². The molecule has 1 saturated carbocycles. The zero-order chi connectivity index (χ0) is 14.1. The van der Waals surface area contributed by atoms with E-state index < -0.39 is 0 Å². The van der Waals surface area contributed by atoms with E-state index in [9.17, 15) is 4.79 Å². The second-order valence-corrected chi connectivity index (χ2v) is 5.69. The van der Waals surface area contributed by atoms with Crippen molar-refractivity contribution < 1.29 is 4.79 Å². The number of para-hydroxylation sites is 1. The molecule has 1 fully saturated rings. The molecule has 1 aliphatic rings. The van der Waals surface area contributed by atoms with Crippen LogP contribution in [0.2, 0.25) is 0 Å². The van der Waals surface area contributed by atoms with Crippen LogP contribution in [0, 0.1) is 5.92 Å². The molecular formula is C16H21N3O. The Morgan fingerprint density at radius 3 is 2.90 bits per heavy atom. The van der Waals surface area contributed by atoms with Crippen LogP contribution in [0.3, 0.4) is 0 Å². The molecule has 0 saturated heterocycles. The van der Waals surface area contributed by atoms with Gasteiger partial charge in [0.05, 0.1) is 11.2 Å². The number of anilines is 1. The number of carbonyl (C=O) groups excluding carboxylic acids is 1. The van der Waals surface area contributed by atoms with Crippen molar-refractivity contribution in [2.24, 2.45) is 5.92 Å². The average Bonchev–Trinajstić information content (AvgIpc) is 3.14. The van der Waals surface area contributed by atoms with E-state index in [1.165, 1.54) is 12.8 Å². The Kier molecular flexibility index (Phi) is 3.38. The Morgan fingerprint density at radius 2 is 2.25 bits per heavy atom. The first-order valence-electron chi connectivity index (χ1n) is 7.35. The summed E-state index contributed by atoms with van der Waals surface area (Å²) in [6.07, 6.45) is 3.50. The van der Waals surface area contributed by atoms with Gasteiger partial charge in [0.1, 0.15) is 5.69 Å². The molecule has 2 aromatic rings. The van der Waals surface area contributed by atoms with Crippen molar-refractivity contribution in [3.8, 4) is 0 Å². The standard InChI is InChI=1S/C16H21N3O/c1-2-8-19(10-11-6-7-11)16(20)14-9-12-4-3-5-13(17)15(12)18-14/h3-5,9,11,18H,2,6-8,10,17H2,1H3. The molecule has 0 radical (unpaired) electrons. The highest BCUT2D eigenvalue weighted by atomic mass is 16.2. The van der Waals surface area contributed by atoms with Crippen LogP contribution in [0.5, 0.6) is 0 Å². The van der Waals surface area contributed by atoms with E-state index in [0.29, 0.717) is 17.3 Å². The lowest BCUT2D eigenvalue weighted by Crippen LogP contribution is -2.33. The number of nitrogens with two attached hydrogens (primary N) is 1. The van der Waals surface area contributed by atoms with Crippen molar-refractivity contribution >= 4 is 22.5 Å². The molecular weight excluding hydrogens is 250 g/mol. The number of hydrogen-bond acceptors (Lipinski definition) is 2. The van der Waals surface area contributed by atoms with Gasteiger partial charge in [0.25, 0.3) is 5.91 Å². The third kappa shape index (κ3) is 2.50. The Balaban J connectivity index is 1.87. The number of aromatic amines is 1. The van der Waals surface area contributed by atoms with E-state index in [1.54, 1.807) is 0 Å². The van der Waals surface area contributed by atoms with Gasteiger partial charge in [0, 0.05) is 18.5 Å². The minimum atomic E-state index is 0.0920. The molecule has 3 N–H and O–H groups in total. The number of nitrogens with zero attached hydrogens (tertiary/aromatic N) is 1. The molecule has 0 unspecified atom stereocenters. The highest BCUT2D eigenvalue weighted by Gasteiger charge is 2.27. The molecule has 4 nitrogen and oxygen atoms in total. The van der Waals surface area contributed by atoms with Gasteiger partial charge in [-0.05, 0) is 37.3 Å². The number of carbonyl (C=O) groups is 1. The minimum Gasteiger partial charge on any atom is -0.397 e. The Labute approximate surface area is 118 Å². The number of aromatic nitrogens is 1. The number of H-pyrrole nitrogens is 1. The van der Waals surface area contributed by atoms with E-state index in [0.717, 1.165) is 30.4 Å². The van der Waals surface area contributed by atoms with E-state index in [4.69, 9.17) is 5.73 Å². The van der Waals surface area contributed by atoms with Gasteiger partial charge >= 0.3 is 0 Å². The summed E-state index contributed by atoms with van der Waals surface area (Å²) < 4.78 is 0. The molecule has 4 heteroatoms. The predicted molar refractivity (Wildman–Crippen MR) is 81.6 cm³/mol. The maximum Gasteiger partial charge on any atom is 0.270 e. The first kappa shape index (κ1) is 13.0. The lowest BCUT2D eigenvalue weighted by Gasteiger charge is -2.21. The summed E-state index contributed by atoms with van der Waals surface area (Å²) in [5, 5.41) is 0.997. The molecule has 0 spiro atoms. The van der Waals surface area contributed by atoms with E-state index in [-0.39, 0.29) is 5.91 Å². The molecule has 1 aliphatic carbocycles. The molecule has 106 valence electrons. The normalized spacial score (nSPS) is 14.7. The third-order valence-corrected chi connectivity index (χ3v) is 3.88. The van der Waals surface area contributed by atoms with Crippen LogP contribution in [0.1, 0.15) is 36.7 Å². The Morgan fingerprint density at radius 1 is 1.45 bits per heavy atom. The molecule has 0 aliphatic heterocycles. The summed E-state index contributed by atoms with van der Waals surface area (Å²) in [5.41, 5.74) is 8.13. The van der Waals surface area contributed by atoms with Gasteiger partial charge in [0.2, 0.25) is 0 Å². The summed E-state index contributed by atoms with van der Waals surface area (Å²) in [6, 6.07) is 7.64. The fourth-order valence-electron chi connectivity index (χ4n) is 2.62. The second-order valence-electron chi connectivity index (χ2n) is 5.69. The monoisotopic (exact) mass is 271 g/mol. The minimum absolute atomic E-state index is 0.0920. The molecule has 1 aromatic carbocycles. The van der Waals surface area contributed by atoms with Crippen molar-refractivity contribution in [1.29, 1.82) is 0 Å². The van der Waals surface area contributed by atoms with Crippen molar-refractivity contribution in [2.45, 2.75) is 26.2 Å². The maximum absolute atomic E-state index is 12.6. The van der Waals surface area contributed by atoms with Crippen LogP contribution in [-0.2, 0) is 0 Å². The van der Waals surface area contributed by atoms with Crippen LogP contribution >= 0.6 is 0 Å². The van der Waals surface area contributed by atoms with E-state index in [2.05, 4.69) is 11.9 Å². The third-order valence-electron chi connectivity index (χ3n) is 3.88. The first-order chi connectivity index (χ1) is 9.69. The smallest absolute Gasteiger partial charge is 0.270 e.